The number of fused-ring (bicyclic) bond motifs is 1. The Morgan fingerprint density at radius 1 is 1.09 bits per heavy atom. The Bertz CT molecular complexity index is 1160. The third-order valence-corrected chi connectivity index (χ3v) is 6.09. The van der Waals surface area contributed by atoms with Gasteiger partial charge in [0.15, 0.2) is 23.0 Å². The van der Waals surface area contributed by atoms with E-state index in [0.29, 0.717) is 60.3 Å². The van der Waals surface area contributed by atoms with E-state index in [4.69, 9.17) is 18.9 Å². The minimum absolute atomic E-state index is 0.0110. The highest BCUT2D eigenvalue weighted by Gasteiger charge is 2.47. The summed E-state index contributed by atoms with van der Waals surface area (Å²) >= 11 is 0. The fourth-order valence-electron chi connectivity index (χ4n) is 4.46. The van der Waals surface area contributed by atoms with E-state index in [1.165, 1.54) is 19.1 Å². The van der Waals surface area contributed by atoms with Gasteiger partial charge in [-0.1, -0.05) is 12.1 Å². The van der Waals surface area contributed by atoms with Gasteiger partial charge in [-0.25, -0.2) is 0 Å². The van der Waals surface area contributed by atoms with Crippen LogP contribution in [-0.4, -0.2) is 81.2 Å². The third-order valence-electron chi connectivity index (χ3n) is 6.09. The van der Waals surface area contributed by atoms with Crippen LogP contribution in [0.25, 0.3) is 5.76 Å². The fourth-order valence-corrected chi connectivity index (χ4v) is 4.46. The number of aliphatic hydroxyl groups is 1. The summed E-state index contributed by atoms with van der Waals surface area (Å²) in [7, 11) is 6.91. The number of likely N-dealkylation sites (tertiary alicyclic amines) is 1. The number of ketones is 1. The topological polar surface area (TPSA) is 97.8 Å². The molecule has 4 rings (SSSR count). The van der Waals surface area contributed by atoms with E-state index in [1.807, 2.05) is 19.0 Å². The first-order valence-corrected chi connectivity index (χ1v) is 11.4. The van der Waals surface area contributed by atoms with Gasteiger partial charge in [-0.2, -0.15) is 0 Å². The molecule has 9 nitrogen and oxygen atoms in total. The second-order valence-corrected chi connectivity index (χ2v) is 8.59. The van der Waals surface area contributed by atoms with Gasteiger partial charge in [0.05, 0.1) is 25.8 Å². The van der Waals surface area contributed by atoms with Gasteiger partial charge in [0.25, 0.3) is 11.7 Å². The number of carbonyl (C=O) groups excluding carboxylic acids is 2. The van der Waals surface area contributed by atoms with Crippen molar-refractivity contribution in [2.24, 2.45) is 0 Å². The van der Waals surface area contributed by atoms with Gasteiger partial charge in [-0.05, 0) is 51.3 Å². The van der Waals surface area contributed by atoms with E-state index < -0.39 is 17.7 Å². The molecule has 2 aromatic rings. The number of benzene rings is 2. The second kappa shape index (κ2) is 10.3. The highest BCUT2D eigenvalue weighted by molar-refractivity contribution is 6.46. The van der Waals surface area contributed by atoms with Crippen LogP contribution in [0.3, 0.4) is 0 Å². The van der Waals surface area contributed by atoms with E-state index in [2.05, 4.69) is 0 Å². The lowest BCUT2D eigenvalue weighted by Gasteiger charge is -2.27. The van der Waals surface area contributed by atoms with Crippen molar-refractivity contribution < 1.29 is 33.6 Å². The lowest BCUT2D eigenvalue weighted by Crippen LogP contribution is -2.32. The summed E-state index contributed by atoms with van der Waals surface area (Å²) in [5.41, 5.74) is 0.894. The number of hydrogen-bond donors (Lipinski definition) is 1. The molecule has 35 heavy (non-hydrogen) atoms. The molecule has 0 aliphatic carbocycles. The number of methoxy groups -OCH3 is 2. The molecule has 0 radical (unpaired) electrons. The van der Waals surface area contributed by atoms with Crippen LogP contribution >= 0.6 is 0 Å². The predicted octanol–water partition coefficient (Wildman–Crippen LogP) is 2.85. The number of Topliss-reactive ketones (excluding diaryl/α,β-unsaturated/α-hetero) is 1. The quantitative estimate of drug-likeness (QED) is 0.349. The maximum atomic E-state index is 13.3. The number of para-hydroxylation sites is 1. The highest BCUT2D eigenvalue weighted by Crippen LogP contribution is 2.46. The number of amides is 1. The van der Waals surface area contributed by atoms with Gasteiger partial charge in [0.2, 0.25) is 0 Å². The van der Waals surface area contributed by atoms with E-state index in [0.717, 1.165) is 6.54 Å². The van der Waals surface area contributed by atoms with E-state index >= 15 is 0 Å². The predicted molar refractivity (Wildman–Crippen MR) is 129 cm³/mol. The third kappa shape index (κ3) is 4.64. The molecule has 1 fully saturated rings. The van der Waals surface area contributed by atoms with Gasteiger partial charge in [-0.3, -0.25) is 9.59 Å². The monoisotopic (exact) mass is 482 g/mol. The molecular formula is C26H30N2O7. The van der Waals surface area contributed by atoms with Gasteiger partial charge in [-0.15, -0.1) is 0 Å². The number of carbonyl (C=O) groups is 2. The number of hydrogen-bond acceptors (Lipinski definition) is 8. The Balaban J connectivity index is 1.86. The minimum Gasteiger partial charge on any atom is -0.507 e. The summed E-state index contributed by atoms with van der Waals surface area (Å²) in [5, 5.41) is 11.4. The molecule has 1 N–H and O–H groups in total. The molecule has 0 bridgehead atoms. The molecule has 0 unspecified atom stereocenters. The average Bonchev–Trinajstić information content (AvgIpc) is 3.12. The molecule has 2 aliphatic heterocycles. The normalized spacial score (nSPS) is 18.8. The smallest absolute Gasteiger partial charge is 0.295 e. The van der Waals surface area contributed by atoms with E-state index in [9.17, 15) is 14.7 Å². The molecule has 0 aromatic heterocycles. The van der Waals surface area contributed by atoms with Crippen molar-refractivity contribution in [2.45, 2.75) is 12.5 Å². The Hall–Kier alpha value is -3.72. The van der Waals surface area contributed by atoms with Crippen molar-refractivity contribution in [3.63, 3.8) is 0 Å². The molecule has 1 amide bonds. The molecule has 2 heterocycles. The minimum atomic E-state index is -0.851. The number of ether oxygens (including phenoxy) is 4. The zero-order valence-electron chi connectivity index (χ0n) is 20.4. The first kappa shape index (κ1) is 24.4. The van der Waals surface area contributed by atoms with Gasteiger partial charge in [0.1, 0.15) is 19.0 Å². The summed E-state index contributed by atoms with van der Waals surface area (Å²) in [6.07, 6.45) is 0.646. The van der Waals surface area contributed by atoms with Crippen LogP contribution in [0.1, 0.15) is 23.6 Å². The Morgan fingerprint density at radius 3 is 2.51 bits per heavy atom. The summed E-state index contributed by atoms with van der Waals surface area (Å²) in [5.74, 6) is 0.176. The second-order valence-electron chi connectivity index (χ2n) is 8.59. The molecule has 1 atom stereocenters. The Kier molecular flexibility index (Phi) is 7.16. The zero-order valence-corrected chi connectivity index (χ0v) is 20.4. The van der Waals surface area contributed by atoms with Gasteiger partial charge < -0.3 is 33.9 Å². The fraction of sp³-hybridized carbons (Fsp3) is 0.385. The Morgan fingerprint density at radius 2 is 1.83 bits per heavy atom. The van der Waals surface area contributed by atoms with E-state index in [-0.39, 0.29) is 11.3 Å². The zero-order chi connectivity index (χ0) is 25.1. The van der Waals surface area contributed by atoms with Crippen molar-refractivity contribution in [2.75, 3.05) is 54.6 Å². The molecule has 1 saturated heterocycles. The first-order chi connectivity index (χ1) is 16.9. The molecule has 2 aliphatic rings. The lowest BCUT2D eigenvalue weighted by molar-refractivity contribution is -0.140. The van der Waals surface area contributed by atoms with Gasteiger partial charge >= 0.3 is 0 Å². The van der Waals surface area contributed by atoms with E-state index in [1.54, 1.807) is 36.4 Å². The van der Waals surface area contributed by atoms with Crippen LogP contribution in [-0.2, 0) is 9.59 Å². The standard InChI is InChI=1S/C26H30N2O7/c1-27(2)11-6-12-28-22(17-7-5-8-19(32-3)25(17)33-4)21(24(30)26(28)31)23(29)16-9-10-18-20(15-16)35-14-13-34-18/h5,7-10,15,22,29H,6,11-14H2,1-4H3/t22-/m0/s1. The molecule has 0 spiro atoms. The van der Waals surface area contributed by atoms with Crippen molar-refractivity contribution in [1.82, 2.24) is 9.80 Å². The Labute approximate surface area is 204 Å². The maximum absolute atomic E-state index is 13.3. The van der Waals surface area contributed by atoms with Crippen LogP contribution in [0.15, 0.2) is 42.0 Å². The summed E-state index contributed by atoms with van der Waals surface area (Å²) in [6, 6.07) is 9.36. The molecule has 2 aromatic carbocycles. The summed E-state index contributed by atoms with van der Waals surface area (Å²) < 4.78 is 22.3. The SMILES string of the molecule is COc1cccc([C@H]2C(=C(O)c3ccc4c(c3)OCCO4)C(=O)C(=O)N2CCCN(C)C)c1OC. The van der Waals surface area contributed by atoms with Crippen LogP contribution in [0.5, 0.6) is 23.0 Å². The van der Waals surface area contributed by atoms with Crippen molar-refractivity contribution in [1.29, 1.82) is 0 Å². The number of aliphatic hydroxyl groups excluding tert-OH is 1. The van der Waals surface area contributed by atoms with Crippen LogP contribution in [0.4, 0.5) is 0 Å². The van der Waals surface area contributed by atoms with Crippen LogP contribution in [0.2, 0.25) is 0 Å². The average molecular weight is 483 g/mol. The highest BCUT2D eigenvalue weighted by atomic mass is 16.6. The summed E-state index contributed by atoms with van der Waals surface area (Å²) in [6.45, 7) is 1.87. The van der Waals surface area contributed by atoms with Crippen molar-refractivity contribution in [3.8, 4) is 23.0 Å². The van der Waals surface area contributed by atoms with Crippen molar-refractivity contribution >= 4 is 17.4 Å². The van der Waals surface area contributed by atoms with Crippen molar-refractivity contribution in [3.05, 3.63) is 53.1 Å². The number of rotatable bonds is 8. The van der Waals surface area contributed by atoms with Crippen LogP contribution < -0.4 is 18.9 Å². The molecule has 186 valence electrons. The molecule has 0 saturated carbocycles. The largest absolute Gasteiger partial charge is 0.507 e. The van der Waals surface area contributed by atoms with Gasteiger partial charge in [0, 0.05) is 17.7 Å². The lowest BCUT2D eigenvalue weighted by atomic mass is 9.94. The maximum Gasteiger partial charge on any atom is 0.295 e. The first-order valence-electron chi connectivity index (χ1n) is 11.4. The van der Waals surface area contributed by atoms with Crippen LogP contribution in [0, 0.1) is 0 Å². The molecule has 9 heteroatoms. The summed E-state index contributed by atoms with van der Waals surface area (Å²) in [4.78, 5) is 30.0. The number of nitrogens with zero attached hydrogens (tertiary/aromatic N) is 2. The molecular weight excluding hydrogens is 452 g/mol.